The number of azide groups is 1. The molecule has 5 rings (SSSR count). The predicted octanol–water partition coefficient (Wildman–Crippen LogP) is 8.35. The highest BCUT2D eigenvalue weighted by atomic mass is 32.2. The molecule has 3 heterocycles. The van der Waals surface area contributed by atoms with E-state index >= 15 is 0 Å². The normalized spacial score (nSPS) is 32.7. The first-order valence-corrected chi connectivity index (χ1v) is 19.1. The quantitative estimate of drug-likeness (QED) is 0.105. The van der Waals surface area contributed by atoms with Gasteiger partial charge < -0.3 is 28.8 Å². The molecule has 0 aromatic heterocycles. The molecule has 0 radical (unpaired) electrons. The second kappa shape index (κ2) is 17.7. The fourth-order valence-electron chi connectivity index (χ4n) is 8.03. The molecule has 0 aliphatic carbocycles. The van der Waals surface area contributed by atoms with Gasteiger partial charge in [0.1, 0.15) is 23.1 Å². The number of nitrogens with zero attached hydrogens (tertiary/aromatic N) is 3. The first kappa shape index (κ1) is 38.6. The van der Waals surface area contributed by atoms with E-state index in [1.165, 1.54) is 0 Å². The Morgan fingerprint density at radius 3 is 2.52 bits per heavy atom. The Bertz CT molecular complexity index is 1430. The van der Waals surface area contributed by atoms with Crippen LogP contribution in [0.1, 0.15) is 78.7 Å². The first-order chi connectivity index (χ1) is 24.0. The Hall–Kier alpha value is -2.63. The molecular formula is C39H55N3O7S. The second-order valence-electron chi connectivity index (χ2n) is 15.1. The van der Waals surface area contributed by atoms with Gasteiger partial charge in [0.2, 0.25) is 0 Å². The summed E-state index contributed by atoms with van der Waals surface area (Å²) in [5.74, 6) is 0.340. The molecule has 1 N–H and O–H groups in total. The summed E-state index contributed by atoms with van der Waals surface area (Å²) in [4.78, 5) is 17.8. The summed E-state index contributed by atoms with van der Waals surface area (Å²) in [6.45, 7) is 11.1. The summed E-state index contributed by atoms with van der Waals surface area (Å²) in [5.41, 5.74) is 9.64. The van der Waals surface area contributed by atoms with Crippen LogP contribution in [-0.2, 0) is 30.3 Å². The van der Waals surface area contributed by atoms with E-state index in [4.69, 9.17) is 29.2 Å². The molecule has 3 saturated heterocycles. The van der Waals surface area contributed by atoms with Gasteiger partial charge in [0, 0.05) is 41.5 Å². The maximum atomic E-state index is 13.8. The fourth-order valence-corrected chi connectivity index (χ4v) is 9.14. The van der Waals surface area contributed by atoms with Crippen molar-refractivity contribution in [1.82, 2.24) is 0 Å². The van der Waals surface area contributed by atoms with E-state index in [1.807, 2.05) is 56.3 Å². The minimum atomic E-state index is -1.07. The average molecular weight is 710 g/mol. The molecule has 0 amide bonds. The van der Waals surface area contributed by atoms with Crippen molar-refractivity contribution in [2.24, 2.45) is 34.7 Å². The number of hydrogen-bond donors (Lipinski definition) is 1. The molecular weight excluding hydrogens is 655 g/mol. The van der Waals surface area contributed by atoms with E-state index in [0.717, 1.165) is 29.1 Å². The molecule has 3 aliphatic heterocycles. The molecule has 1 unspecified atom stereocenters. The van der Waals surface area contributed by atoms with Crippen LogP contribution in [0.15, 0.2) is 64.6 Å². The molecule has 2 aromatic carbocycles. The Morgan fingerprint density at radius 2 is 1.82 bits per heavy atom. The summed E-state index contributed by atoms with van der Waals surface area (Å²) >= 11 is 1.70. The van der Waals surface area contributed by atoms with Crippen LogP contribution in [0, 0.1) is 29.6 Å². The Kier molecular flexibility index (Phi) is 13.7. The van der Waals surface area contributed by atoms with Crippen LogP contribution in [0.5, 0.6) is 5.75 Å². The van der Waals surface area contributed by atoms with E-state index in [1.54, 1.807) is 18.9 Å². The number of ketones is 1. The SMILES string of the molecule is COc1ccc(CO[C@@H]2[C@H](CC(=O)[C@H](C)C[C@H](C)CN=[N+]=[N-])O[C@@]3(CC(O)[C@@H]4O[C@H](Sc5ccccc5)[C@@H](C)C[C@H]4C)C[C@H](C)C[C@H]2O3)cc1. The van der Waals surface area contributed by atoms with Crippen LogP contribution < -0.4 is 4.74 Å². The zero-order chi connectivity index (χ0) is 35.8. The smallest absolute Gasteiger partial charge is 0.172 e. The van der Waals surface area contributed by atoms with Crippen LogP contribution in [0.3, 0.4) is 0 Å². The molecule has 3 aliphatic rings. The number of hydrogen-bond acceptors (Lipinski definition) is 9. The van der Waals surface area contributed by atoms with E-state index < -0.39 is 24.1 Å². The summed E-state index contributed by atoms with van der Waals surface area (Å²) in [6.07, 6.45) is 0.792. The predicted molar refractivity (Wildman–Crippen MR) is 194 cm³/mol. The summed E-state index contributed by atoms with van der Waals surface area (Å²) in [5, 5.41) is 15.6. The van der Waals surface area contributed by atoms with Crippen molar-refractivity contribution in [2.45, 2.75) is 126 Å². The van der Waals surface area contributed by atoms with Gasteiger partial charge in [-0.25, -0.2) is 0 Å². The van der Waals surface area contributed by atoms with Crippen LogP contribution in [0.25, 0.3) is 10.4 Å². The zero-order valence-corrected chi connectivity index (χ0v) is 31.2. The molecule has 10 nitrogen and oxygen atoms in total. The number of Topliss-reactive ketones (excluding diaryl/α,β-unsaturated/α-hetero) is 1. The van der Waals surface area contributed by atoms with Crippen molar-refractivity contribution < 1.29 is 33.6 Å². The van der Waals surface area contributed by atoms with Crippen molar-refractivity contribution in [3.8, 4) is 5.75 Å². The molecule has 0 saturated carbocycles. The summed E-state index contributed by atoms with van der Waals surface area (Å²) < 4.78 is 32.3. The standard InChI is InChI=1S/C39H55N3O7S/c1-24-17-34-37(46-23-29-12-14-30(45-6)15-13-29)35(19-32(43)26(3)16-25(2)22-41-42-40)49-39(20-24,48-34)21-33(44)36-27(4)18-28(5)38(47-36)50-31-10-8-7-9-11-31/h7-15,24-28,33-38,44H,16-23H2,1-6H3/t24-,25+,26-,27-,28+,33?,34-,35+,36-,37+,38-,39-/m1/s1. The van der Waals surface area contributed by atoms with E-state index in [2.05, 4.69) is 42.9 Å². The number of ether oxygens (including phenoxy) is 5. The second-order valence-corrected chi connectivity index (χ2v) is 16.3. The first-order valence-electron chi connectivity index (χ1n) is 18.2. The number of carbonyl (C=O) groups is 1. The minimum absolute atomic E-state index is 0.0727. The lowest BCUT2D eigenvalue weighted by molar-refractivity contribution is -0.384. The number of thioether (sulfide) groups is 1. The highest BCUT2D eigenvalue weighted by Crippen LogP contribution is 2.47. The van der Waals surface area contributed by atoms with E-state index in [0.29, 0.717) is 31.9 Å². The van der Waals surface area contributed by atoms with Gasteiger partial charge in [-0.1, -0.05) is 81.8 Å². The van der Waals surface area contributed by atoms with Gasteiger partial charge in [-0.3, -0.25) is 4.79 Å². The topological polar surface area (TPSA) is 132 Å². The van der Waals surface area contributed by atoms with Crippen molar-refractivity contribution in [1.29, 1.82) is 0 Å². The third-order valence-corrected chi connectivity index (χ3v) is 11.8. The number of carbonyl (C=O) groups excluding carboxylic acids is 1. The number of benzene rings is 2. The third kappa shape index (κ3) is 10.0. The van der Waals surface area contributed by atoms with Crippen LogP contribution in [0.2, 0.25) is 0 Å². The molecule has 50 heavy (non-hydrogen) atoms. The Labute approximate surface area is 301 Å². The van der Waals surface area contributed by atoms with Gasteiger partial charge in [-0.15, -0.1) is 0 Å². The van der Waals surface area contributed by atoms with E-state index in [-0.39, 0.29) is 59.9 Å². The van der Waals surface area contributed by atoms with Gasteiger partial charge in [0.15, 0.2) is 5.79 Å². The maximum Gasteiger partial charge on any atom is 0.172 e. The Balaban J connectivity index is 1.33. The number of aliphatic hydroxyl groups excluding tert-OH is 1. The lowest BCUT2D eigenvalue weighted by Crippen LogP contribution is -2.63. The van der Waals surface area contributed by atoms with Gasteiger partial charge in [0.25, 0.3) is 0 Å². The van der Waals surface area contributed by atoms with E-state index in [9.17, 15) is 9.90 Å². The number of rotatable bonds is 16. The number of methoxy groups -OCH3 is 1. The lowest BCUT2D eigenvalue weighted by Gasteiger charge is -2.54. The van der Waals surface area contributed by atoms with Crippen molar-refractivity contribution >= 4 is 17.5 Å². The highest BCUT2D eigenvalue weighted by Gasteiger charge is 2.55. The molecule has 274 valence electrons. The van der Waals surface area contributed by atoms with Crippen molar-refractivity contribution in [2.75, 3.05) is 13.7 Å². The summed E-state index contributed by atoms with van der Waals surface area (Å²) in [6, 6.07) is 18.0. The van der Waals surface area contributed by atoms with Crippen LogP contribution >= 0.6 is 11.8 Å². The molecule has 2 aromatic rings. The van der Waals surface area contributed by atoms with Crippen LogP contribution in [0.4, 0.5) is 0 Å². The van der Waals surface area contributed by atoms with Gasteiger partial charge in [-0.05, 0) is 78.3 Å². The van der Waals surface area contributed by atoms with Gasteiger partial charge in [0.05, 0.1) is 38.1 Å². The monoisotopic (exact) mass is 709 g/mol. The van der Waals surface area contributed by atoms with Crippen LogP contribution in [-0.4, -0.2) is 66.3 Å². The lowest BCUT2D eigenvalue weighted by atomic mass is 9.79. The summed E-state index contributed by atoms with van der Waals surface area (Å²) in [7, 11) is 1.64. The molecule has 2 bridgehead atoms. The molecule has 0 spiro atoms. The fraction of sp³-hybridized carbons (Fsp3) is 0.667. The Morgan fingerprint density at radius 1 is 1.08 bits per heavy atom. The minimum Gasteiger partial charge on any atom is -0.497 e. The number of fused-ring (bicyclic) bond motifs is 2. The van der Waals surface area contributed by atoms with Gasteiger partial charge >= 0.3 is 0 Å². The van der Waals surface area contributed by atoms with Crippen molar-refractivity contribution in [3.05, 3.63) is 70.6 Å². The zero-order valence-electron chi connectivity index (χ0n) is 30.4. The molecule has 3 fully saturated rings. The van der Waals surface area contributed by atoms with Gasteiger partial charge in [-0.2, -0.15) is 0 Å². The largest absolute Gasteiger partial charge is 0.497 e. The highest BCUT2D eigenvalue weighted by molar-refractivity contribution is 7.99. The maximum absolute atomic E-state index is 13.8. The third-order valence-electron chi connectivity index (χ3n) is 10.5. The molecule has 11 heteroatoms. The number of aliphatic hydroxyl groups is 1. The van der Waals surface area contributed by atoms with Crippen molar-refractivity contribution in [3.63, 3.8) is 0 Å². The average Bonchev–Trinajstić information content (AvgIpc) is 3.08. The molecule has 12 atom stereocenters.